The minimum absolute atomic E-state index is 0.0431. The van der Waals surface area contributed by atoms with Gasteiger partial charge < -0.3 is 15.5 Å². The van der Waals surface area contributed by atoms with E-state index in [0.717, 1.165) is 45.2 Å². The van der Waals surface area contributed by atoms with E-state index >= 15 is 0 Å². The minimum Gasteiger partial charge on any atom is -0.354 e. The minimum atomic E-state index is -0.411. The summed E-state index contributed by atoms with van der Waals surface area (Å²) in [4.78, 5) is 27.4. The largest absolute Gasteiger partial charge is 0.354 e. The van der Waals surface area contributed by atoms with Crippen LogP contribution < -0.4 is 10.6 Å². The van der Waals surface area contributed by atoms with Crippen molar-refractivity contribution in [2.24, 2.45) is 5.41 Å². The number of hydrogen-bond acceptors (Lipinski definition) is 3. The lowest BCUT2D eigenvalue weighted by atomic mass is 9.72. The molecule has 0 saturated carbocycles. The molecule has 2 fully saturated rings. The van der Waals surface area contributed by atoms with Crippen molar-refractivity contribution in [1.29, 1.82) is 0 Å². The van der Waals surface area contributed by atoms with Crippen molar-refractivity contribution < 1.29 is 9.59 Å². The highest BCUT2D eigenvalue weighted by molar-refractivity contribution is 5.90. The molecule has 1 aromatic carbocycles. The van der Waals surface area contributed by atoms with Crippen LogP contribution in [-0.4, -0.2) is 49.4 Å². The lowest BCUT2D eigenvalue weighted by molar-refractivity contribution is -0.138. The smallest absolute Gasteiger partial charge is 0.242 e. The normalized spacial score (nSPS) is 24.2. The zero-order valence-corrected chi connectivity index (χ0v) is 14.4. The molecule has 0 aromatic heterocycles. The van der Waals surface area contributed by atoms with Gasteiger partial charge in [0, 0.05) is 6.54 Å². The molecule has 2 aliphatic rings. The van der Waals surface area contributed by atoms with Crippen LogP contribution in [0.1, 0.15) is 31.2 Å². The van der Waals surface area contributed by atoms with Crippen molar-refractivity contribution in [2.75, 3.05) is 26.7 Å². The molecule has 2 aliphatic heterocycles. The summed E-state index contributed by atoms with van der Waals surface area (Å²) in [5, 5.41) is 5.89. The predicted molar refractivity (Wildman–Crippen MR) is 93.5 cm³/mol. The summed E-state index contributed by atoms with van der Waals surface area (Å²) >= 11 is 0. The number of piperidine rings is 2. The number of nitrogens with zero attached hydrogens (tertiary/aromatic N) is 1. The molecule has 130 valence electrons. The van der Waals surface area contributed by atoms with Crippen molar-refractivity contribution in [3.63, 3.8) is 0 Å². The Morgan fingerprint density at radius 2 is 2.00 bits per heavy atom. The zero-order chi connectivity index (χ0) is 17.0. The van der Waals surface area contributed by atoms with Gasteiger partial charge >= 0.3 is 0 Å². The summed E-state index contributed by atoms with van der Waals surface area (Å²) < 4.78 is 0. The van der Waals surface area contributed by atoms with Crippen molar-refractivity contribution in [3.05, 3.63) is 35.9 Å². The predicted octanol–water partition coefficient (Wildman–Crippen LogP) is 1.34. The Morgan fingerprint density at radius 1 is 1.29 bits per heavy atom. The van der Waals surface area contributed by atoms with E-state index in [0.29, 0.717) is 6.54 Å². The maximum absolute atomic E-state index is 13.1. The molecule has 1 aromatic rings. The fraction of sp³-hybridized carbons (Fsp3) is 0.579. The van der Waals surface area contributed by atoms with E-state index in [-0.39, 0.29) is 17.9 Å². The average molecular weight is 329 g/mol. The summed E-state index contributed by atoms with van der Waals surface area (Å²) in [6.45, 7) is 2.54. The Labute approximate surface area is 143 Å². The Balaban J connectivity index is 1.76. The molecule has 3 rings (SSSR count). The van der Waals surface area contributed by atoms with Gasteiger partial charge in [0.05, 0.1) is 5.41 Å². The molecule has 5 heteroatoms. The van der Waals surface area contributed by atoms with Gasteiger partial charge in [0.15, 0.2) is 0 Å². The molecule has 5 nitrogen and oxygen atoms in total. The van der Waals surface area contributed by atoms with Crippen LogP contribution in [0.15, 0.2) is 30.3 Å². The van der Waals surface area contributed by atoms with E-state index < -0.39 is 5.41 Å². The third kappa shape index (κ3) is 3.78. The number of carbonyl (C=O) groups excluding carboxylic acids is 2. The monoisotopic (exact) mass is 329 g/mol. The van der Waals surface area contributed by atoms with Crippen LogP contribution >= 0.6 is 0 Å². The summed E-state index contributed by atoms with van der Waals surface area (Å²) in [6, 6.07) is 9.83. The number of likely N-dealkylation sites (tertiary alicyclic amines) is 1. The van der Waals surface area contributed by atoms with Crippen molar-refractivity contribution in [3.8, 4) is 0 Å². The highest BCUT2D eigenvalue weighted by Gasteiger charge is 2.42. The topological polar surface area (TPSA) is 61.4 Å². The Morgan fingerprint density at radius 3 is 2.67 bits per heavy atom. The van der Waals surface area contributed by atoms with Crippen molar-refractivity contribution in [2.45, 2.75) is 38.1 Å². The molecular weight excluding hydrogens is 302 g/mol. The lowest BCUT2D eigenvalue weighted by Gasteiger charge is -2.40. The summed E-state index contributed by atoms with van der Waals surface area (Å²) in [7, 11) is 2.10. The van der Waals surface area contributed by atoms with Crippen LogP contribution in [0.3, 0.4) is 0 Å². The van der Waals surface area contributed by atoms with E-state index in [4.69, 9.17) is 0 Å². The molecular formula is C19H27N3O2. The molecule has 24 heavy (non-hydrogen) atoms. The SMILES string of the molecule is CN1CCC(Cc2ccccc2)(C(=O)N[C@@H]2CCCNC2=O)CC1. The first-order chi connectivity index (χ1) is 11.6. The molecule has 0 radical (unpaired) electrons. The third-order valence-electron chi connectivity index (χ3n) is 5.40. The number of hydrogen-bond donors (Lipinski definition) is 2. The standard InChI is InChI=1S/C19H27N3O2/c1-22-12-9-19(10-13-22,14-15-6-3-2-4-7-15)18(24)21-16-8-5-11-20-17(16)23/h2-4,6-7,16H,5,8-14H2,1H3,(H,20,23)(H,21,24)/t16-/m1/s1. The maximum Gasteiger partial charge on any atom is 0.242 e. The van der Waals surface area contributed by atoms with Crippen molar-refractivity contribution in [1.82, 2.24) is 15.5 Å². The molecule has 2 N–H and O–H groups in total. The molecule has 2 heterocycles. The van der Waals surface area contributed by atoms with Crippen LogP contribution in [0.4, 0.5) is 0 Å². The van der Waals surface area contributed by atoms with Crippen LogP contribution in [0, 0.1) is 5.41 Å². The van der Waals surface area contributed by atoms with Gasteiger partial charge in [0.1, 0.15) is 6.04 Å². The number of nitrogens with one attached hydrogen (secondary N) is 2. The summed E-state index contributed by atoms with van der Waals surface area (Å²) in [5.41, 5.74) is 0.774. The number of benzene rings is 1. The van der Waals surface area contributed by atoms with E-state index in [1.165, 1.54) is 5.56 Å². The Hall–Kier alpha value is -1.88. The fourth-order valence-electron chi connectivity index (χ4n) is 3.74. The average Bonchev–Trinajstić information content (AvgIpc) is 2.60. The van der Waals surface area contributed by atoms with Gasteiger partial charge in [-0.05, 0) is 57.8 Å². The zero-order valence-electron chi connectivity index (χ0n) is 14.4. The molecule has 0 bridgehead atoms. The molecule has 0 spiro atoms. The summed E-state index contributed by atoms with van der Waals surface area (Å²) in [5.74, 6) is -0.00103. The van der Waals surface area contributed by atoms with Gasteiger partial charge in [-0.25, -0.2) is 0 Å². The quantitative estimate of drug-likeness (QED) is 0.876. The van der Waals surface area contributed by atoms with Crippen LogP contribution in [0.2, 0.25) is 0 Å². The highest BCUT2D eigenvalue weighted by Crippen LogP contribution is 2.35. The lowest BCUT2D eigenvalue weighted by Crippen LogP contribution is -2.56. The molecule has 2 amide bonds. The maximum atomic E-state index is 13.1. The molecule has 0 aliphatic carbocycles. The fourth-order valence-corrected chi connectivity index (χ4v) is 3.74. The van der Waals surface area contributed by atoms with E-state index in [2.05, 4.69) is 34.7 Å². The Kier molecular flexibility index (Phi) is 5.19. The molecule has 0 unspecified atom stereocenters. The first kappa shape index (κ1) is 17.0. The van der Waals surface area contributed by atoms with E-state index in [1.54, 1.807) is 0 Å². The van der Waals surface area contributed by atoms with Gasteiger partial charge in [-0.3, -0.25) is 9.59 Å². The van der Waals surface area contributed by atoms with E-state index in [1.807, 2.05) is 18.2 Å². The molecule has 1 atom stereocenters. The van der Waals surface area contributed by atoms with E-state index in [9.17, 15) is 9.59 Å². The second-order valence-corrected chi connectivity index (χ2v) is 7.21. The first-order valence-corrected chi connectivity index (χ1v) is 8.90. The van der Waals surface area contributed by atoms with Crippen LogP contribution in [0.5, 0.6) is 0 Å². The third-order valence-corrected chi connectivity index (χ3v) is 5.40. The molecule has 2 saturated heterocycles. The van der Waals surface area contributed by atoms with Crippen LogP contribution in [0.25, 0.3) is 0 Å². The van der Waals surface area contributed by atoms with Crippen LogP contribution in [-0.2, 0) is 16.0 Å². The second-order valence-electron chi connectivity index (χ2n) is 7.21. The Bertz CT molecular complexity index is 580. The van der Waals surface area contributed by atoms with Crippen molar-refractivity contribution >= 4 is 11.8 Å². The first-order valence-electron chi connectivity index (χ1n) is 8.90. The second kappa shape index (κ2) is 7.34. The van der Waals surface area contributed by atoms with Gasteiger partial charge in [0.25, 0.3) is 0 Å². The number of rotatable bonds is 4. The number of carbonyl (C=O) groups is 2. The van der Waals surface area contributed by atoms with Gasteiger partial charge in [-0.15, -0.1) is 0 Å². The summed E-state index contributed by atoms with van der Waals surface area (Å²) in [6.07, 6.45) is 4.06. The highest BCUT2D eigenvalue weighted by atomic mass is 16.2. The van der Waals surface area contributed by atoms with Gasteiger partial charge in [-0.2, -0.15) is 0 Å². The van der Waals surface area contributed by atoms with Gasteiger partial charge in [-0.1, -0.05) is 30.3 Å². The number of amides is 2. The van der Waals surface area contributed by atoms with Gasteiger partial charge in [0.2, 0.25) is 11.8 Å².